The lowest BCUT2D eigenvalue weighted by Gasteiger charge is -2.36. The summed E-state index contributed by atoms with van der Waals surface area (Å²) in [5, 5.41) is 3.82. The predicted octanol–water partition coefficient (Wildman–Crippen LogP) is 1.68. The van der Waals surface area contributed by atoms with E-state index in [-0.39, 0.29) is 17.5 Å². The van der Waals surface area contributed by atoms with Crippen molar-refractivity contribution in [2.75, 3.05) is 30.0 Å². The third-order valence-electron chi connectivity index (χ3n) is 3.39. The van der Waals surface area contributed by atoms with E-state index in [0.717, 1.165) is 11.3 Å². The molecule has 0 bridgehead atoms. The summed E-state index contributed by atoms with van der Waals surface area (Å²) in [5.41, 5.74) is 2.17. The van der Waals surface area contributed by atoms with E-state index >= 15 is 0 Å². The van der Waals surface area contributed by atoms with E-state index in [4.69, 9.17) is 11.6 Å². The molecule has 6 heteroatoms. The van der Waals surface area contributed by atoms with E-state index in [1.54, 1.807) is 0 Å². The van der Waals surface area contributed by atoms with Gasteiger partial charge in [-0.15, -0.1) is 0 Å². The third-order valence-corrected chi connectivity index (χ3v) is 5.42. The molecule has 0 aromatic heterocycles. The molecule has 0 saturated carbocycles. The maximum atomic E-state index is 11.6. The zero-order valence-corrected chi connectivity index (χ0v) is 12.8. The fourth-order valence-corrected chi connectivity index (χ4v) is 4.27. The molecule has 106 valence electrons. The third kappa shape index (κ3) is 3.41. The molecule has 0 aliphatic carbocycles. The van der Waals surface area contributed by atoms with E-state index in [1.807, 2.05) is 32.2 Å². The van der Waals surface area contributed by atoms with Crippen molar-refractivity contribution in [2.24, 2.45) is 0 Å². The first kappa shape index (κ1) is 14.6. The lowest BCUT2D eigenvalue weighted by molar-refractivity contribution is 0.567. The molecule has 1 fully saturated rings. The van der Waals surface area contributed by atoms with E-state index in [9.17, 15) is 8.42 Å². The zero-order valence-electron chi connectivity index (χ0n) is 11.2. The van der Waals surface area contributed by atoms with Crippen LogP contribution in [-0.2, 0) is 16.4 Å². The molecule has 2 rings (SSSR count). The second-order valence-corrected chi connectivity index (χ2v) is 7.63. The standard InChI is InChI=1S/C13H19ClN2O2S/c1-10-9-19(17,18)6-5-16(10)13-4-3-12(14)7-11(13)8-15-2/h3-4,7,10,15H,5-6,8-9H2,1-2H3. The van der Waals surface area contributed by atoms with Gasteiger partial charge < -0.3 is 10.2 Å². The average Bonchev–Trinajstić information content (AvgIpc) is 2.30. The second kappa shape index (κ2) is 5.69. The van der Waals surface area contributed by atoms with Gasteiger partial charge in [-0.3, -0.25) is 0 Å². The van der Waals surface area contributed by atoms with Crippen molar-refractivity contribution in [3.8, 4) is 0 Å². The van der Waals surface area contributed by atoms with E-state index < -0.39 is 9.84 Å². The number of nitrogens with one attached hydrogen (secondary N) is 1. The first-order chi connectivity index (χ1) is 8.93. The van der Waals surface area contributed by atoms with Gasteiger partial charge in [0, 0.05) is 29.8 Å². The van der Waals surface area contributed by atoms with Crippen molar-refractivity contribution in [2.45, 2.75) is 19.5 Å². The summed E-state index contributed by atoms with van der Waals surface area (Å²) >= 11 is 6.03. The highest BCUT2D eigenvalue weighted by atomic mass is 35.5. The van der Waals surface area contributed by atoms with Gasteiger partial charge in [0.1, 0.15) is 0 Å². The van der Waals surface area contributed by atoms with Crippen LogP contribution in [0, 0.1) is 0 Å². The summed E-state index contributed by atoms with van der Waals surface area (Å²) in [6.45, 7) is 3.21. The smallest absolute Gasteiger partial charge is 0.154 e. The molecule has 1 N–H and O–H groups in total. The minimum absolute atomic E-state index is 0.00414. The molecular formula is C13H19ClN2O2S. The highest BCUT2D eigenvalue weighted by molar-refractivity contribution is 7.91. The zero-order chi connectivity index (χ0) is 14.0. The van der Waals surface area contributed by atoms with Crippen molar-refractivity contribution >= 4 is 27.1 Å². The van der Waals surface area contributed by atoms with Gasteiger partial charge in [0.15, 0.2) is 9.84 Å². The molecule has 0 radical (unpaired) electrons. The molecular weight excluding hydrogens is 284 g/mol. The van der Waals surface area contributed by atoms with Crippen LogP contribution >= 0.6 is 11.6 Å². The predicted molar refractivity (Wildman–Crippen MR) is 79.7 cm³/mol. The van der Waals surface area contributed by atoms with E-state index in [1.165, 1.54) is 0 Å². The summed E-state index contributed by atoms with van der Waals surface area (Å²) in [7, 11) is -1.01. The van der Waals surface area contributed by atoms with Crippen LogP contribution in [0.1, 0.15) is 12.5 Å². The van der Waals surface area contributed by atoms with Crippen LogP contribution in [0.25, 0.3) is 0 Å². The minimum Gasteiger partial charge on any atom is -0.367 e. The Hall–Kier alpha value is -0.780. The number of anilines is 1. The van der Waals surface area contributed by atoms with Crippen LogP contribution < -0.4 is 10.2 Å². The van der Waals surface area contributed by atoms with Crippen LogP contribution in [0.3, 0.4) is 0 Å². The van der Waals surface area contributed by atoms with Crippen LogP contribution in [0.4, 0.5) is 5.69 Å². The first-order valence-corrected chi connectivity index (χ1v) is 8.53. The Labute approximate surface area is 119 Å². The second-order valence-electron chi connectivity index (χ2n) is 4.96. The van der Waals surface area contributed by atoms with Crippen molar-refractivity contribution in [3.05, 3.63) is 28.8 Å². The Kier molecular flexibility index (Phi) is 4.38. The van der Waals surface area contributed by atoms with E-state index in [0.29, 0.717) is 18.1 Å². The summed E-state index contributed by atoms with van der Waals surface area (Å²) < 4.78 is 23.3. The summed E-state index contributed by atoms with van der Waals surface area (Å²) in [6.07, 6.45) is 0. The van der Waals surface area contributed by atoms with Crippen molar-refractivity contribution < 1.29 is 8.42 Å². The number of hydrogen-bond donors (Lipinski definition) is 1. The highest BCUT2D eigenvalue weighted by Gasteiger charge is 2.29. The number of rotatable bonds is 3. The van der Waals surface area contributed by atoms with Gasteiger partial charge in [0.2, 0.25) is 0 Å². The molecule has 1 aromatic rings. The molecule has 1 heterocycles. The quantitative estimate of drug-likeness (QED) is 0.923. The monoisotopic (exact) mass is 302 g/mol. The summed E-state index contributed by atoms with van der Waals surface area (Å²) in [6, 6.07) is 5.76. The van der Waals surface area contributed by atoms with Crippen molar-refractivity contribution in [1.82, 2.24) is 5.32 Å². The minimum atomic E-state index is -2.89. The topological polar surface area (TPSA) is 49.4 Å². The summed E-state index contributed by atoms with van der Waals surface area (Å²) in [5.74, 6) is 0.438. The Bertz CT molecular complexity index is 560. The lowest BCUT2D eigenvalue weighted by Crippen LogP contribution is -2.47. The molecule has 19 heavy (non-hydrogen) atoms. The first-order valence-electron chi connectivity index (χ1n) is 6.33. The number of hydrogen-bond acceptors (Lipinski definition) is 4. The average molecular weight is 303 g/mol. The molecule has 0 amide bonds. The molecule has 1 unspecified atom stereocenters. The Morgan fingerprint density at radius 3 is 2.84 bits per heavy atom. The maximum absolute atomic E-state index is 11.6. The fourth-order valence-electron chi connectivity index (χ4n) is 2.52. The molecule has 1 atom stereocenters. The Balaban J connectivity index is 2.31. The number of sulfone groups is 1. The van der Waals surface area contributed by atoms with Crippen LogP contribution in [0.5, 0.6) is 0 Å². The molecule has 1 aliphatic rings. The molecule has 4 nitrogen and oxygen atoms in total. The van der Waals surface area contributed by atoms with Gasteiger partial charge in [-0.25, -0.2) is 8.42 Å². The molecule has 1 saturated heterocycles. The molecule has 0 spiro atoms. The molecule has 1 aromatic carbocycles. The SMILES string of the molecule is CNCc1cc(Cl)ccc1N1CCS(=O)(=O)CC1C. The van der Waals surface area contributed by atoms with Gasteiger partial charge in [-0.05, 0) is 37.7 Å². The van der Waals surface area contributed by atoms with Crippen molar-refractivity contribution in [1.29, 1.82) is 0 Å². The van der Waals surface area contributed by atoms with Crippen molar-refractivity contribution in [3.63, 3.8) is 0 Å². The largest absolute Gasteiger partial charge is 0.367 e. The normalized spacial score (nSPS) is 22.5. The Morgan fingerprint density at radius 1 is 1.47 bits per heavy atom. The van der Waals surface area contributed by atoms with Gasteiger partial charge in [0.05, 0.1) is 11.5 Å². The lowest BCUT2D eigenvalue weighted by atomic mass is 10.1. The van der Waals surface area contributed by atoms with Gasteiger partial charge in [0.25, 0.3) is 0 Å². The van der Waals surface area contributed by atoms with Gasteiger partial charge in [-0.2, -0.15) is 0 Å². The highest BCUT2D eigenvalue weighted by Crippen LogP contribution is 2.28. The van der Waals surface area contributed by atoms with E-state index in [2.05, 4.69) is 10.2 Å². The fraction of sp³-hybridized carbons (Fsp3) is 0.538. The van der Waals surface area contributed by atoms with Gasteiger partial charge >= 0.3 is 0 Å². The van der Waals surface area contributed by atoms with Crippen LogP contribution in [0.2, 0.25) is 5.02 Å². The maximum Gasteiger partial charge on any atom is 0.154 e. The number of halogens is 1. The van der Waals surface area contributed by atoms with Crippen LogP contribution in [-0.4, -0.2) is 39.6 Å². The van der Waals surface area contributed by atoms with Crippen LogP contribution in [0.15, 0.2) is 18.2 Å². The summed E-state index contributed by atoms with van der Waals surface area (Å²) in [4.78, 5) is 2.16. The number of benzene rings is 1. The van der Waals surface area contributed by atoms with Gasteiger partial charge in [-0.1, -0.05) is 11.6 Å². The number of nitrogens with zero attached hydrogens (tertiary/aromatic N) is 1. The Morgan fingerprint density at radius 2 is 2.21 bits per heavy atom. The molecule has 1 aliphatic heterocycles.